The fourth-order valence-corrected chi connectivity index (χ4v) is 6.36. The summed E-state index contributed by atoms with van der Waals surface area (Å²) in [7, 11) is -4.50. The number of halogens is 4. The van der Waals surface area contributed by atoms with Gasteiger partial charge in [-0.1, -0.05) is 42.5 Å². The van der Waals surface area contributed by atoms with Gasteiger partial charge in [0.15, 0.2) is 5.76 Å². The molecule has 6 nitrogen and oxygen atoms in total. The average molecular weight is 527 g/mol. The van der Waals surface area contributed by atoms with Crippen molar-refractivity contribution in [3.63, 3.8) is 0 Å². The number of nitriles is 1. The molecule has 1 atom stereocenters. The molecule has 3 aromatic carbocycles. The van der Waals surface area contributed by atoms with Crippen LogP contribution in [0.3, 0.4) is 0 Å². The minimum atomic E-state index is -4.61. The van der Waals surface area contributed by atoms with Gasteiger partial charge >= 0.3 is 6.18 Å². The fourth-order valence-electron chi connectivity index (χ4n) is 4.46. The number of nitrogens with two attached hydrogens (primary N) is 1. The average Bonchev–Trinajstić information content (AvgIpc) is 2.86. The zero-order valence-electron chi connectivity index (χ0n) is 18.8. The fraction of sp³-hybridized carbons (Fsp3) is 0.115. The number of rotatable bonds is 3. The lowest BCUT2D eigenvalue weighted by atomic mass is 9.88. The number of alkyl halides is 3. The first kappa shape index (κ1) is 24.4. The number of hydrogen-bond donors (Lipinski definition) is 1. The topological polar surface area (TPSA) is 96.4 Å². The molecule has 0 saturated carbocycles. The van der Waals surface area contributed by atoms with Gasteiger partial charge in [-0.3, -0.25) is 4.31 Å². The molecule has 188 valence electrons. The number of nitrogens with zero attached hydrogens (tertiary/aromatic N) is 2. The summed E-state index contributed by atoms with van der Waals surface area (Å²) in [6, 6.07) is 17.7. The van der Waals surface area contributed by atoms with Crippen LogP contribution in [0.2, 0.25) is 0 Å². The van der Waals surface area contributed by atoms with Gasteiger partial charge in [-0.05, 0) is 35.9 Å². The molecule has 5 rings (SSSR count). The predicted octanol–water partition coefficient (Wildman–Crippen LogP) is 5.37. The van der Waals surface area contributed by atoms with Crippen LogP contribution in [-0.2, 0) is 27.5 Å². The van der Waals surface area contributed by atoms with E-state index in [1.807, 2.05) is 6.07 Å². The van der Waals surface area contributed by atoms with E-state index >= 15 is 0 Å². The molecular weight excluding hydrogens is 510 g/mol. The normalized spacial score (nSPS) is 18.6. The first-order valence-electron chi connectivity index (χ1n) is 10.9. The molecule has 0 aromatic heterocycles. The summed E-state index contributed by atoms with van der Waals surface area (Å²) >= 11 is 0. The van der Waals surface area contributed by atoms with Crippen molar-refractivity contribution < 1.29 is 30.7 Å². The summed E-state index contributed by atoms with van der Waals surface area (Å²) in [5.41, 5.74) is 5.51. The van der Waals surface area contributed by atoms with Gasteiger partial charge in [0.05, 0.1) is 23.7 Å². The van der Waals surface area contributed by atoms with Crippen molar-refractivity contribution in [1.29, 1.82) is 5.26 Å². The molecule has 0 spiro atoms. The number of fused-ring (bicyclic) bond motifs is 2. The zero-order valence-corrected chi connectivity index (χ0v) is 19.6. The van der Waals surface area contributed by atoms with Gasteiger partial charge in [-0.15, -0.1) is 0 Å². The zero-order chi connectivity index (χ0) is 26.5. The second kappa shape index (κ2) is 8.67. The summed E-state index contributed by atoms with van der Waals surface area (Å²) in [4.78, 5) is -0.368. The van der Waals surface area contributed by atoms with Gasteiger partial charge in [0.25, 0.3) is 10.0 Å². The van der Waals surface area contributed by atoms with Crippen molar-refractivity contribution in [2.75, 3.05) is 4.31 Å². The Labute approximate surface area is 209 Å². The van der Waals surface area contributed by atoms with Crippen molar-refractivity contribution in [1.82, 2.24) is 0 Å². The van der Waals surface area contributed by atoms with Gasteiger partial charge in [0.1, 0.15) is 22.4 Å². The van der Waals surface area contributed by atoms with Crippen LogP contribution >= 0.6 is 0 Å². The first-order chi connectivity index (χ1) is 17.5. The standard InChI is InChI=1S/C26H17F4N3O3S/c27-20-7-3-1-5-16(20)14-33-21-8-4-2-6-18(21)23-24(37(33,34)35)22(19(13-31)25(32)36-23)15-9-11-17(12-10-15)26(28,29)30/h1-12,22H,14,32H2. The molecule has 2 N–H and O–H groups in total. The van der Waals surface area contributed by atoms with Crippen molar-refractivity contribution in [2.24, 2.45) is 5.73 Å². The molecule has 0 fully saturated rings. The summed E-state index contributed by atoms with van der Waals surface area (Å²) in [6.45, 7) is -0.371. The highest BCUT2D eigenvalue weighted by molar-refractivity contribution is 7.96. The summed E-state index contributed by atoms with van der Waals surface area (Å²) < 4.78 is 88.9. The van der Waals surface area contributed by atoms with Crippen molar-refractivity contribution in [3.05, 3.63) is 117 Å². The molecule has 1 unspecified atom stereocenters. The van der Waals surface area contributed by atoms with E-state index in [2.05, 4.69) is 0 Å². The molecule has 3 aromatic rings. The highest BCUT2D eigenvalue weighted by Gasteiger charge is 2.47. The van der Waals surface area contributed by atoms with Crippen molar-refractivity contribution in [2.45, 2.75) is 18.6 Å². The predicted molar refractivity (Wildman–Crippen MR) is 127 cm³/mol. The molecule has 0 saturated heterocycles. The van der Waals surface area contributed by atoms with Crippen LogP contribution in [0.15, 0.2) is 89.2 Å². The monoisotopic (exact) mass is 527 g/mol. The van der Waals surface area contributed by atoms with Gasteiger partial charge in [-0.25, -0.2) is 12.8 Å². The third-order valence-corrected chi connectivity index (χ3v) is 8.08. The number of sulfonamides is 1. The van der Waals surface area contributed by atoms with Gasteiger partial charge in [-0.2, -0.15) is 18.4 Å². The highest BCUT2D eigenvalue weighted by Crippen LogP contribution is 2.51. The molecule has 0 aliphatic carbocycles. The number of allylic oxidation sites excluding steroid dienone is 2. The minimum absolute atomic E-state index is 0.0945. The lowest BCUT2D eigenvalue weighted by molar-refractivity contribution is -0.137. The second-order valence-electron chi connectivity index (χ2n) is 8.36. The van der Waals surface area contributed by atoms with Crippen LogP contribution in [0.1, 0.15) is 28.2 Å². The first-order valence-corrected chi connectivity index (χ1v) is 12.3. The Bertz CT molecular complexity index is 1620. The van der Waals surface area contributed by atoms with Crippen LogP contribution < -0.4 is 10.0 Å². The Morgan fingerprint density at radius 1 is 1.00 bits per heavy atom. The third-order valence-electron chi connectivity index (χ3n) is 6.20. The summed E-state index contributed by atoms with van der Waals surface area (Å²) in [5.74, 6) is -2.46. The van der Waals surface area contributed by atoms with Gasteiger partial charge in [0, 0.05) is 11.1 Å². The van der Waals surface area contributed by atoms with E-state index in [-0.39, 0.29) is 45.5 Å². The molecule has 0 bridgehead atoms. The summed E-state index contributed by atoms with van der Waals surface area (Å²) in [5, 5.41) is 9.84. The SMILES string of the molecule is N#CC1=C(N)OC2=C(C1c1ccc(C(F)(F)F)cc1)S(=O)(=O)N(Cc1ccccc1F)c1ccccc12. The lowest BCUT2D eigenvalue weighted by Gasteiger charge is -2.38. The molecule has 2 aliphatic rings. The number of para-hydroxylation sites is 1. The third kappa shape index (κ3) is 3.99. The molecule has 0 radical (unpaired) electrons. The molecule has 11 heteroatoms. The highest BCUT2D eigenvalue weighted by atomic mass is 32.2. The number of ether oxygens (including phenoxy) is 1. The van der Waals surface area contributed by atoms with Gasteiger partial charge in [0.2, 0.25) is 5.88 Å². The lowest BCUT2D eigenvalue weighted by Crippen LogP contribution is -2.39. The number of benzene rings is 3. The Morgan fingerprint density at radius 2 is 1.65 bits per heavy atom. The van der Waals surface area contributed by atoms with Crippen LogP contribution in [0.4, 0.5) is 23.2 Å². The molecule has 2 heterocycles. The molecule has 2 aliphatic heterocycles. The second-order valence-corrected chi connectivity index (χ2v) is 10.2. The van der Waals surface area contributed by atoms with E-state index in [1.165, 1.54) is 24.3 Å². The van der Waals surface area contributed by atoms with E-state index in [0.717, 1.165) is 28.6 Å². The van der Waals surface area contributed by atoms with Crippen molar-refractivity contribution in [3.8, 4) is 6.07 Å². The Hall–Kier alpha value is -4.30. The molecule has 0 amide bonds. The van der Waals surface area contributed by atoms with E-state index in [9.17, 15) is 31.2 Å². The Balaban J connectivity index is 1.74. The number of hydrogen-bond acceptors (Lipinski definition) is 5. The largest absolute Gasteiger partial charge is 0.439 e. The van der Waals surface area contributed by atoms with E-state index in [4.69, 9.17) is 10.5 Å². The minimum Gasteiger partial charge on any atom is -0.439 e. The van der Waals surface area contributed by atoms with Crippen LogP contribution in [0.25, 0.3) is 5.76 Å². The molecule has 37 heavy (non-hydrogen) atoms. The Morgan fingerprint density at radius 3 is 2.30 bits per heavy atom. The Kier molecular flexibility index (Phi) is 5.72. The van der Waals surface area contributed by atoms with Crippen LogP contribution in [0.5, 0.6) is 0 Å². The maximum Gasteiger partial charge on any atom is 0.416 e. The maximum absolute atomic E-state index is 14.5. The number of anilines is 1. The van der Waals surface area contributed by atoms with Crippen molar-refractivity contribution >= 4 is 21.5 Å². The van der Waals surface area contributed by atoms with E-state index < -0.39 is 33.5 Å². The van der Waals surface area contributed by atoms with Gasteiger partial charge < -0.3 is 10.5 Å². The molecular formula is C26H17F4N3O3S. The van der Waals surface area contributed by atoms with E-state index in [1.54, 1.807) is 24.3 Å². The smallest absolute Gasteiger partial charge is 0.416 e. The van der Waals surface area contributed by atoms with Crippen LogP contribution in [0, 0.1) is 17.1 Å². The van der Waals surface area contributed by atoms with E-state index in [0.29, 0.717) is 5.56 Å². The van der Waals surface area contributed by atoms with Crippen LogP contribution in [-0.4, -0.2) is 8.42 Å². The maximum atomic E-state index is 14.5. The quantitative estimate of drug-likeness (QED) is 0.462. The summed E-state index contributed by atoms with van der Waals surface area (Å²) in [6.07, 6.45) is -4.61.